The maximum atomic E-state index is 5.13. The second-order valence-corrected chi connectivity index (χ2v) is 4.50. The normalized spacial score (nSPS) is 17.2. The van der Waals surface area contributed by atoms with Crippen LogP contribution in [0.4, 0.5) is 5.95 Å². The lowest BCUT2D eigenvalue weighted by Gasteiger charge is -2.27. The number of nitrogens with one attached hydrogen (secondary N) is 1. The summed E-state index contributed by atoms with van der Waals surface area (Å²) in [6, 6.07) is 0.652. The van der Waals surface area contributed by atoms with Crippen molar-refractivity contribution in [3.8, 4) is 0 Å². The van der Waals surface area contributed by atoms with E-state index < -0.39 is 0 Å². The van der Waals surface area contributed by atoms with Crippen LogP contribution in [-0.4, -0.2) is 27.4 Å². The lowest BCUT2D eigenvalue weighted by Crippen LogP contribution is -2.35. The Morgan fingerprint density at radius 3 is 2.67 bits per heavy atom. The number of nitrogens with zero attached hydrogens (tertiary/aromatic N) is 3. The lowest BCUT2D eigenvalue weighted by atomic mass is 10.2. The molecule has 0 saturated heterocycles. The van der Waals surface area contributed by atoms with E-state index in [9.17, 15) is 0 Å². The van der Waals surface area contributed by atoms with Crippen LogP contribution in [0.15, 0.2) is 0 Å². The summed E-state index contributed by atoms with van der Waals surface area (Å²) < 4.78 is 2.65. The predicted octanol–water partition coefficient (Wildman–Crippen LogP) is 2.25. The van der Waals surface area contributed by atoms with Crippen LogP contribution in [0.1, 0.15) is 32.6 Å². The van der Waals surface area contributed by atoms with E-state index in [4.69, 9.17) is 12.2 Å². The monoisotopic (exact) mass is 226 g/mol. The third-order valence-corrected chi connectivity index (χ3v) is 3.58. The highest BCUT2D eigenvalue weighted by Gasteiger charge is 2.24. The minimum absolute atomic E-state index is 0.652. The number of aromatic amines is 1. The molecule has 0 radical (unpaired) electrons. The molecule has 0 unspecified atom stereocenters. The van der Waals surface area contributed by atoms with Gasteiger partial charge in [-0.15, -0.1) is 5.10 Å². The van der Waals surface area contributed by atoms with E-state index >= 15 is 0 Å². The Morgan fingerprint density at radius 1 is 1.53 bits per heavy atom. The molecule has 84 valence electrons. The van der Waals surface area contributed by atoms with Crippen molar-refractivity contribution in [1.29, 1.82) is 0 Å². The van der Waals surface area contributed by atoms with Crippen molar-refractivity contribution < 1.29 is 0 Å². The van der Waals surface area contributed by atoms with Gasteiger partial charge in [-0.25, -0.2) is 5.10 Å². The fourth-order valence-corrected chi connectivity index (χ4v) is 2.50. The van der Waals surface area contributed by atoms with Crippen LogP contribution >= 0.6 is 12.2 Å². The van der Waals surface area contributed by atoms with Crippen molar-refractivity contribution in [1.82, 2.24) is 14.8 Å². The molecule has 0 atom stereocenters. The summed E-state index contributed by atoms with van der Waals surface area (Å²) in [4.78, 5) is 2.36. The molecule has 1 aliphatic carbocycles. The van der Waals surface area contributed by atoms with Gasteiger partial charge >= 0.3 is 0 Å². The maximum absolute atomic E-state index is 5.13. The molecule has 1 saturated carbocycles. The van der Waals surface area contributed by atoms with Crippen LogP contribution in [0, 0.1) is 4.77 Å². The van der Waals surface area contributed by atoms with Crippen molar-refractivity contribution >= 4 is 18.2 Å². The van der Waals surface area contributed by atoms with Gasteiger partial charge in [0.15, 0.2) is 4.77 Å². The Kier molecular flexibility index (Phi) is 3.09. The molecule has 2 rings (SSSR count). The Morgan fingerprint density at radius 2 is 2.20 bits per heavy atom. The highest BCUT2D eigenvalue weighted by Crippen LogP contribution is 2.26. The van der Waals surface area contributed by atoms with E-state index in [-0.39, 0.29) is 0 Å². The van der Waals surface area contributed by atoms with Gasteiger partial charge in [0.1, 0.15) is 0 Å². The summed E-state index contributed by atoms with van der Waals surface area (Å²) in [5.74, 6) is 0.981. The van der Waals surface area contributed by atoms with Crippen molar-refractivity contribution in [2.75, 3.05) is 11.4 Å². The summed E-state index contributed by atoms with van der Waals surface area (Å²) in [5, 5.41) is 7.15. The van der Waals surface area contributed by atoms with Crippen LogP contribution in [0.25, 0.3) is 0 Å². The minimum Gasteiger partial charge on any atom is -0.338 e. The lowest BCUT2D eigenvalue weighted by molar-refractivity contribution is 0.594. The number of hydrogen-bond donors (Lipinski definition) is 1. The summed E-state index contributed by atoms with van der Waals surface area (Å²) in [6.45, 7) is 3.17. The molecule has 1 fully saturated rings. The quantitative estimate of drug-likeness (QED) is 0.803. The predicted molar refractivity (Wildman–Crippen MR) is 63.7 cm³/mol. The van der Waals surface area contributed by atoms with Gasteiger partial charge in [0, 0.05) is 19.6 Å². The molecule has 15 heavy (non-hydrogen) atoms. The molecule has 1 aliphatic rings. The van der Waals surface area contributed by atoms with E-state index in [1.165, 1.54) is 25.7 Å². The zero-order valence-corrected chi connectivity index (χ0v) is 10.2. The Balaban J connectivity index is 2.25. The average Bonchev–Trinajstić information content (AvgIpc) is 2.84. The van der Waals surface area contributed by atoms with E-state index in [1.54, 1.807) is 0 Å². The summed E-state index contributed by atoms with van der Waals surface area (Å²) in [5.41, 5.74) is 0. The van der Waals surface area contributed by atoms with Gasteiger partial charge in [-0.1, -0.05) is 12.8 Å². The average molecular weight is 226 g/mol. The fourth-order valence-electron chi connectivity index (χ4n) is 2.37. The van der Waals surface area contributed by atoms with Gasteiger partial charge in [-0.2, -0.15) is 0 Å². The zero-order valence-electron chi connectivity index (χ0n) is 9.36. The summed E-state index contributed by atoms with van der Waals surface area (Å²) in [6.07, 6.45) is 5.26. The summed E-state index contributed by atoms with van der Waals surface area (Å²) >= 11 is 5.13. The molecule has 1 heterocycles. The second-order valence-electron chi connectivity index (χ2n) is 4.11. The zero-order chi connectivity index (χ0) is 10.8. The third-order valence-electron chi connectivity index (χ3n) is 3.22. The molecule has 0 amide bonds. The molecule has 1 N–H and O–H groups in total. The van der Waals surface area contributed by atoms with Gasteiger partial charge in [0.05, 0.1) is 0 Å². The van der Waals surface area contributed by atoms with E-state index in [0.29, 0.717) is 10.8 Å². The molecule has 0 aromatic carbocycles. The SMILES string of the molecule is CCN(c1n[nH]c(=S)n1C)C1CCCC1. The van der Waals surface area contributed by atoms with Crippen LogP contribution < -0.4 is 4.90 Å². The Bertz CT molecular complexity index is 375. The molecule has 1 aromatic heterocycles. The standard InChI is InChI=1S/C10H18N4S/c1-3-14(8-6-4-5-7-8)9-11-12-10(15)13(9)2/h8H,3-7H2,1-2H3,(H,12,15). The largest absolute Gasteiger partial charge is 0.338 e. The van der Waals surface area contributed by atoms with Crippen LogP contribution in [0.3, 0.4) is 0 Å². The Labute approximate surface area is 95.3 Å². The second kappa shape index (κ2) is 4.35. The Hall–Kier alpha value is -0.840. The van der Waals surface area contributed by atoms with Crippen molar-refractivity contribution in [3.05, 3.63) is 4.77 Å². The first-order valence-corrected chi connectivity index (χ1v) is 6.03. The van der Waals surface area contributed by atoms with Gasteiger partial charge in [0.2, 0.25) is 5.95 Å². The first-order valence-electron chi connectivity index (χ1n) is 5.62. The van der Waals surface area contributed by atoms with Gasteiger partial charge in [0.25, 0.3) is 0 Å². The van der Waals surface area contributed by atoms with E-state index in [1.807, 2.05) is 11.6 Å². The first kappa shape index (κ1) is 10.7. The maximum Gasteiger partial charge on any atom is 0.225 e. The minimum atomic E-state index is 0.652. The van der Waals surface area contributed by atoms with Crippen LogP contribution in [-0.2, 0) is 7.05 Å². The highest BCUT2D eigenvalue weighted by molar-refractivity contribution is 7.71. The molecule has 1 aromatic rings. The van der Waals surface area contributed by atoms with Crippen molar-refractivity contribution in [2.24, 2.45) is 7.05 Å². The molecule has 0 bridgehead atoms. The topological polar surface area (TPSA) is 36.9 Å². The molecular weight excluding hydrogens is 208 g/mol. The van der Waals surface area contributed by atoms with E-state index in [2.05, 4.69) is 22.0 Å². The molecule has 0 spiro atoms. The number of anilines is 1. The van der Waals surface area contributed by atoms with Crippen LogP contribution in [0.5, 0.6) is 0 Å². The molecule has 0 aliphatic heterocycles. The number of rotatable bonds is 3. The van der Waals surface area contributed by atoms with Crippen molar-refractivity contribution in [2.45, 2.75) is 38.6 Å². The third kappa shape index (κ3) is 1.93. The summed E-state index contributed by atoms with van der Waals surface area (Å²) in [7, 11) is 1.97. The smallest absolute Gasteiger partial charge is 0.225 e. The fraction of sp³-hybridized carbons (Fsp3) is 0.800. The molecule has 4 nitrogen and oxygen atoms in total. The van der Waals surface area contributed by atoms with Gasteiger partial charge in [-0.3, -0.25) is 4.57 Å². The van der Waals surface area contributed by atoms with Gasteiger partial charge in [-0.05, 0) is 32.0 Å². The molecule has 5 heteroatoms. The number of aromatic nitrogens is 3. The van der Waals surface area contributed by atoms with Crippen LogP contribution in [0.2, 0.25) is 0 Å². The number of hydrogen-bond acceptors (Lipinski definition) is 3. The first-order chi connectivity index (χ1) is 7.24. The highest BCUT2D eigenvalue weighted by atomic mass is 32.1. The number of H-pyrrole nitrogens is 1. The van der Waals surface area contributed by atoms with Gasteiger partial charge < -0.3 is 4.90 Å². The molecular formula is C10H18N4S. The van der Waals surface area contributed by atoms with E-state index in [0.717, 1.165) is 12.5 Å². The van der Waals surface area contributed by atoms with Crippen molar-refractivity contribution in [3.63, 3.8) is 0 Å².